The van der Waals surface area contributed by atoms with Crippen LogP contribution >= 0.6 is 0 Å². The van der Waals surface area contributed by atoms with Crippen LogP contribution in [0.1, 0.15) is 57.0 Å². The van der Waals surface area contributed by atoms with E-state index in [9.17, 15) is 14.7 Å². The molecule has 27 heavy (non-hydrogen) atoms. The van der Waals surface area contributed by atoms with Gasteiger partial charge in [-0.1, -0.05) is 32.0 Å². The Hall–Kier alpha value is -2.08. The van der Waals surface area contributed by atoms with Crippen molar-refractivity contribution >= 4 is 12.1 Å². The van der Waals surface area contributed by atoms with E-state index in [0.29, 0.717) is 37.7 Å². The molecule has 1 aromatic carbocycles. The first-order valence-corrected chi connectivity index (χ1v) is 9.60. The van der Waals surface area contributed by atoms with Gasteiger partial charge in [-0.3, -0.25) is 4.90 Å². The lowest BCUT2D eigenvalue weighted by Crippen LogP contribution is -2.55. The number of rotatable bonds is 5. The molecule has 0 aromatic heterocycles. The minimum absolute atomic E-state index is 0.174. The van der Waals surface area contributed by atoms with E-state index in [-0.39, 0.29) is 12.1 Å². The number of piperazine rings is 1. The lowest BCUT2D eigenvalue weighted by Gasteiger charge is -2.42. The second kappa shape index (κ2) is 8.74. The molecule has 0 spiro atoms. The molecule has 0 bridgehead atoms. The Morgan fingerprint density at radius 2 is 1.89 bits per heavy atom. The number of ether oxygens (including phenoxy) is 1. The minimum Gasteiger partial charge on any atom is -0.478 e. The predicted octanol–water partition coefficient (Wildman–Crippen LogP) is 3.85. The van der Waals surface area contributed by atoms with Crippen LogP contribution in [-0.4, -0.2) is 58.2 Å². The van der Waals surface area contributed by atoms with Crippen LogP contribution in [0.5, 0.6) is 0 Å². The van der Waals surface area contributed by atoms with E-state index >= 15 is 0 Å². The smallest absolute Gasteiger partial charge is 0.410 e. The molecule has 1 saturated heterocycles. The molecule has 1 N–H and O–H groups in total. The summed E-state index contributed by atoms with van der Waals surface area (Å²) in [4.78, 5) is 28.0. The largest absolute Gasteiger partial charge is 0.478 e. The highest BCUT2D eigenvalue weighted by Gasteiger charge is 2.32. The van der Waals surface area contributed by atoms with Gasteiger partial charge in [0.2, 0.25) is 0 Å². The molecule has 0 unspecified atom stereocenters. The maximum Gasteiger partial charge on any atom is 0.410 e. The standard InChI is InChI=1S/C21H32N2O4/c1-15(2)12-17-14-23(20(26)27-21(3,4)5)11-10-22(17)13-16-8-6-7-9-18(16)19(24)25/h6-9,15,17H,10-14H2,1-5H3,(H,24,25)/t17-/m0/s1. The van der Waals surface area contributed by atoms with Crippen LogP contribution < -0.4 is 0 Å². The summed E-state index contributed by atoms with van der Waals surface area (Å²) < 4.78 is 5.53. The van der Waals surface area contributed by atoms with Crippen molar-refractivity contribution in [3.05, 3.63) is 35.4 Å². The molecule has 1 heterocycles. The monoisotopic (exact) mass is 376 g/mol. The minimum atomic E-state index is -0.904. The number of carboxylic acids is 1. The van der Waals surface area contributed by atoms with Crippen molar-refractivity contribution in [3.63, 3.8) is 0 Å². The molecule has 1 amide bonds. The van der Waals surface area contributed by atoms with Gasteiger partial charge in [0, 0.05) is 32.2 Å². The molecule has 0 radical (unpaired) electrons. The molecule has 1 aliphatic rings. The van der Waals surface area contributed by atoms with Crippen molar-refractivity contribution in [2.24, 2.45) is 5.92 Å². The van der Waals surface area contributed by atoms with Gasteiger partial charge in [-0.15, -0.1) is 0 Å². The number of amides is 1. The quantitative estimate of drug-likeness (QED) is 0.845. The van der Waals surface area contributed by atoms with Crippen LogP contribution in [0.3, 0.4) is 0 Å². The Labute approximate surface area is 162 Å². The Bertz CT molecular complexity index is 666. The normalized spacial score (nSPS) is 18.6. The van der Waals surface area contributed by atoms with E-state index in [0.717, 1.165) is 12.0 Å². The van der Waals surface area contributed by atoms with Gasteiger partial charge in [-0.2, -0.15) is 0 Å². The third-order valence-electron chi connectivity index (χ3n) is 4.62. The number of carboxylic acid groups (broad SMARTS) is 1. The van der Waals surface area contributed by atoms with Crippen LogP contribution in [-0.2, 0) is 11.3 Å². The molecule has 1 fully saturated rings. The average molecular weight is 376 g/mol. The summed E-state index contributed by atoms with van der Waals surface area (Å²) >= 11 is 0. The zero-order valence-electron chi connectivity index (χ0n) is 17.1. The van der Waals surface area contributed by atoms with E-state index in [2.05, 4.69) is 18.7 Å². The van der Waals surface area contributed by atoms with Crippen molar-refractivity contribution in [3.8, 4) is 0 Å². The number of hydrogen-bond donors (Lipinski definition) is 1. The SMILES string of the molecule is CC(C)C[C@H]1CN(C(=O)OC(C)(C)C)CCN1Cc1ccccc1C(=O)O. The van der Waals surface area contributed by atoms with Crippen LogP contribution in [0.15, 0.2) is 24.3 Å². The zero-order chi connectivity index (χ0) is 20.2. The van der Waals surface area contributed by atoms with E-state index in [1.807, 2.05) is 32.9 Å². The highest BCUT2D eigenvalue weighted by atomic mass is 16.6. The van der Waals surface area contributed by atoms with Gasteiger partial charge in [0.15, 0.2) is 0 Å². The van der Waals surface area contributed by atoms with E-state index in [1.165, 1.54) is 0 Å². The summed E-state index contributed by atoms with van der Waals surface area (Å²) in [5.41, 5.74) is 0.641. The lowest BCUT2D eigenvalue weighted by molar-refractivity contribution is -0.000368. The van der Waals surface area contributed by atoms with Gasteiger partial charge in [-0.05, 0) is 44.7 Å². The molecule has 6 heteroatoms. The van der Waals surface area contributed by atoms with Crippen LogP contribution in [0, 0.1) is 5.92 Å². The highest BCUT2D eigenvalue weighted by Crippen LogP contribution is 2.23. The van der Waals surface area contributed by atoms with Gasteiger partial charge >= 0.3 is 12.1 Å². The summed E-state index contributed by atoms with van der Waals surface area (Å²) in [7, 11) is 0. The number of carbonyl (C=O) groups excluding carboxylic acids is 1. The second-order valence-electron chi connectivity index (χ2n) is 8.64. The number of aromatic carboxylic acids is 1. The van der Waals surface area contributed by atoms with Crippen LogP contribution in [0.25, 0.3) is 0 Å². The highest BCUT2D eigenvalue weighted by molar-refractivity contribution is 5.89. The third kappa shape index (κ3) is 6.24. The molecular formula is C21H32N2O4. The lowest BCUT2D eigenvalue weighted by atomic mass is 9.98. The summed E-state index contributed by atoms with van der Waals surface area (Å²) in [5.74, 6) is -0.427. The van der Waals surface area contributed by atoms with Gasteiger partial charge < -0.3 is 14.7 Å². The van der Waals surface area contributed by atoms with Crippen molar-refractivity contribution in [2.45, 2.75) is 59.2 Å². The van der Waals surface area contributed by atoms with E-state index in [4.69, 9.17) is 4.74 Å². The maximum atomic E-state index is 12.5. The summed E-state index contributed by atoms with van der Waals surface area (Å²) in [6.07, 6.45) is 0.663. The van der Waals surface area contributed by atoms with Gasteiger partial charge in [0.1, 0.15) is 5.60 Å². The molecule has 0 saturated carbocycles. The molecule has 2 rings (SSSR count). The molecule has 0 aliphatic carbocycles. The first kappa shape index (κ1) is 21.2. The van der Waals surface area contributed by atoms with E-state index < -0.39 is 11.6 Å². The van der Waals surface area contributed by atoms with Crippen molar-refractivity contribution < 1.29 is 19.4 Å². The van der Waals surface area contributed by atoms with Crippen molar-refractivity contribution in [2.75, 3.05) is 19.6 Å². The molecule has 1 atom stereocenters. The van der Waals surface area contributed by atoms with Gasteiger partial charge in [0.25, 0.3) is 0 Å². The van der Waals surface area contributed by atoms with Crippen molar-refractivity contribution in [1.82, 2.24) is 9.80 Å². The predicted molar refractivity (Wildman–Crippen MR) is 105 cm³/mol. The Kier molecular flexibility index (Phi) is 6.87. The Balaban J connectivity index is 2.13. The number of nitrogens with zero attached hydrogens (tertiary/aromatic N) is 2. The summed E-state index contributed by atoms with van der Waals surface area (Å²) in [5, 5.41) is 9.44. The third-order valence-corrected chi connectivity index (χ3v) is 4.62. The fraction of sp³-hybridized carbons (Fsp3) is 0.619. The van der Waals surface area contributed by atoms with Crippen molar-refractivity contribution in [1.29, 1.82) is 0 Å². The van der Waals surface area contributed by atoms with E-state index in [1.54, 1.807) is 17.0 Å². The number of benzene rings is 1. The first-order chi connectivity index (χ1) is 12.6. The molecule has 1 aliphatic heterocycles. The van der Waals surface area contributed by atoms with Gasteiger partial charge in [0.05, 0.1) is 5.56 Å². The summed E-state index contributed by atoms with van der Waals surface area (Å²) in [6, 6.07) is 7.31. The number of carbonyl (C=O) groups is 2. The molecule has 6 nitrogen and oxygen atoms in total. The first-order valence-electron chi connectivity index (χ1n) is 9.60. The molecular weight excluding hydrogens is 344 g/mol. The number of hydrogen-bond acceptors (Lipinski definition) is 4. The van der Waals surface area contributed by atoms with Crippen LogP contribution in [0.4, 0.5) is 4.79 Å². The molecule has 1 aromatic rings. The maximum absolute atomic E-state index is 12.5. The van der Waals surface area contributed by atoms with Crippen LogP contribution in [0.2, 0.25) is 0 Å². The topological polar surface area (TPSA) is 70.1 Å². The summed E-state index contributed by atoms with van der Waals surface area (Å²) in [6.45, 7) is 12.4. The average Bonchev–Trinajstić information content (AvgIpc) is 2.54. The Morgan fingerprint density at radius 1 is 1.22 bits per heavy atom. The zero-order valence-corrected chi connectivity index (χ0v) is 17.1. The second-order valence-corrected chi connectivity index (χ2v) is 8.64. The fourth-order valence-corrected chi connectivity index (χ4v) is 3.45. The fourth-order valence-electron chi connectivity index (χ4n) is 3.45. The van der Waals surface area contributed by atoms with Gasteiger partial charge in [-0.25, -0.2) is 9.59 Å². The Morgan fingerprint density at radius 3 is 2.48 bits per heavy atom. The molecule has 150 valence electrons.